The van der Waals surface area contributed by atoms with E-state index >= 15 is 0 Å². The van der Waals surface area contributed by atoms with Gasteiger partial charge in [0.25, 0.3) is 0 Å². The first-order chi connectivity index (χ1) is 14.7. The van der Waals surface area contributed by atoms with Gasteiger partial charge in [0, 0.05) is 50.7 Å². The molecule has 1 aromatic heterocycles. The van der Waals surface area contributed by atoms with Crippen LogP contribution in [0.2, 0.25) is 0 Å². The minimum absolute atomic E-state index is 0.0882. The summed E-state index contributed by atoms with van der Waals surface area (Å²) in [6.45, 7) is 5.80. The predicted molar refractivity (Wildman–Crippen MR) is 116 cm³/mol. The minimum Gasteiger partial charge on any atom is -0.497 e. The topological polar surface area (TPSA) is 79.8 Å². The summed E-state index contributed by atoms with van der Waals surface area (Å²) in [4.78, 5) is 21.9. The maximum atomic E-state index is 12.8. The van der Waals surface area contributed by atoms with Crippen molar-refractivity contribution in [3.05, 3.63) is 35.7 Å². The van der Waals surface area contributed by atoms with E-state index in [1.54, 1.807) is 7.11 Å². The number of amides is 1. The summed E-state index contributed by atoms with van der Waals surface area (Å²) in [6.07, 6.45) is 2.50. The van der Waals surface area contributed by atoms with E-state index in [1.165, 1.54) is 11.5 Å². The number of carbonyl (C=O) groups excluding carboxylic acids is 1. The zero-order valence-corrected chi connectivity index (χ0v) is 18.2. The Balaban J connectivity index is 1.32. The predicted octanol–water partition coefficient (Wildman–Crippen LogP) is 1.55. The lowest BCUT2D eigenvalue weighted by molar-refractivity contribution is -0.122. The van der Waals surface area contributed by atoms with E-state index in [4.69, 9.17) is 14.5 Å². The van der Waals surface area contributed by atoms with E-state index in [2.05, 4.69) is 19.5 Å². The number of hydrogen-bond acceptors (Lipinski definition) is 8. The molecule has 0 radical (unpaired) electrons. The van der Waals surface area contributed by atoms with Crippen LogP contribution in [0.15, 0.2) is 24.3 Å². The molecule has 4 rings (SSSR count). The second-order valence-electron chi connectivity index (χ2n) is 7.62. The lowest BCUT2D eigenvalue weighted by Gasteiger charge is -2.27. The van der Waals surface area contributed by atoms with E-state index in [1.807, 2.05) is 24.3 Å². The lowest BCUT2D eigenvalue weighted by atomic mass is 10.1. The third-order valence-electron chi connectivity index (χ3n) is 5.59. The number of aromatic nitrogens is 2. The highest BCUT2D eigenvalue weighted by Crippen LogP contribution is 2.28. The Labute approximate surface area is 181 Å². The average Bonchev–Trinajstić information content (AvgIpc) is 3.44. The molecule has 30 heavy (non-hydrogen) atoms. The Morgan fingerprint density at radius 3 is 3.03 bits per heavy atom. The van der Waals surface area contributed by atoms with Crippen molar-refractivity contribution in [3.63, 3.8) is 0 Å². The molecule has 1 unspecified atom stereocenters. The molecule has 0 spiro atoms. The standard InChI is InChI=1S/C21H29N5O3S/c1-28-17-5-2-4-16(14-17)15-19-23-21(30-24-19)26-8-3-6-18(26)20(27)22-7-9-25-10-12-29-13-11-25/h2,4-5,14,18H,3,6-13,15H2,1H3,(H,22,27). The number of anilines is 1. The molecular weight excluding hydrogens is 402 g/mol. The Hall–Kier alpha value is -2.23. The first-order valence-electron chi connectivity index (χ1n) is 10.5. The second kappa shape index (κ2) is 10.2. The summed E-state index contributed by atoms with van der Waals surface area (Å²) >= 11 is 1.38. The van der Waals surface area contributed by atoms with Gasteiger partial charge in [0.05, 0.1) is 20.3 Å². The summed E-state index contributed by atoms with van der Waals surface area (Å²) in [6, 6.07) is 7.78. The molecule has 2 aromatic rings. The van der Waals surface area contributed by atoms with Crippen LogP contribution in [0.1, 0.15) is 24.2 Å². The zero-order chi connectivity index (χ0) is 20.8. The number of hydrogen-bond donors (Lipinski definition) is 1. The number of methoxy groups -OCH3 is 1. The lowest BCUT2D eigenvalue weighted by Crippen LogP contribution is -2.46. The van der Waals surface area contributed by atoms with Gasteiger partial charge < -0.3 is 19.7 Å². The second-order valence-corrected chi connectivity index (χ2v) is 8.35. The van der Waals surface area contributed by atoms with Crippen LogP contribution in [-0.2, 0) is 16.0 Å². The molecular formula is C21H29N5O3S. The van der Waals surface area contributed by atoms with Crippen molar-refractivity contribution >= 4 is 22.6 Å². The SMILES string of the molecule is COc1cccc(Cc2nsc(N3CCCC3C(=O)NCCN3CCOCC3)n2)c1. The molecule has 1 aromatic carbocycles. The van der Waals surface area contributed by atoms with Crippen molar-refractivity contribution in [2.24, 2.45) is 0 Å². The number of carbonyl (C=O) groups is 1. The highest BCUT2D eigenvalue weighted by molar-refractivity contribution is 7.09. The van der Waals surface area contributed by atoms with E-state index < -0.39 is 0 Å². The van der Waals surface area contributed by atoms with Gasteiger partial charge in [-0.25, -0.2) is 4.98 Å². The van der Waals surface area contributed by atoms with Crippen LogP contribution in [0.3, 0.4) is 0 Å². The molecule has 0 bridgehead atoms. The van der Waals surface area contributed by atoms with Gasteiger partial charge in [0.2, 0.25) is 11.0 Å². The van der Waals surface area contributed by atoms with Gasteiger partial charge in [-0.1, -0.05) is 12.1 Å². The molecule has 3 heterocycles. The quantitative estimate of drug-likeness (QED) is 0.679. The van der Waals surface area contributed by atoms with E-state index in [0.717, 1.165) is 74.5 Å². The average molecular weight is 432 g/mol. The Morgan fingerprint density at radius 1 is 1.33 bits per heavy atom. The number of benzene rings is 1. The largest absolute Gasteiger partial charge is 0.497 e. The van der Waals surface area contributed by atoms with Crippen molar-refractivity contribution in [1.82, 2.24) is 19.6 Å². The highest BCUT2D eigenvalue weighted by Gasteiger charge is 2.32. The van der Waals surface area contributed by atoms with Crippen LogP contribution >= 0.6 is 11.5 Å². The highest BCUT2D eigenvalue weighted by atomic mass is 32.1. The third-order valence-corrected chi connectivity index (χ3v) is 6.38. The normalized spacial score (nSPS) is 19.8. The van der Waals surface area contributed by atoms with Crippen LogP contribution in [-0.4, -0.2) is 79.3 Å². The van der Waals surface area contributed by atoms with E-state index in [9.17, 15) is 4.79 Å². The van der Waals surface area contributed by atoms with Crippen molar-refractivity contribution < 1.29 is 14.3 Å². The summed E-state index contributed by atoms with van der Waals surface area (Å²) in [5.41, 5.74) is 1.11. The van der Waals surface area contributed by atoms with E-state index in [0.29, 0.717) is 13.0 Å². The van der Waals surface area contributed by atoms with Crippen LogP contribution in [0, 0.1) is 0 Å². The molecule has 2 fully saturated rings. The number of nitrogens with one attached hydrogen (secondary N) is 1. The summed E-state index contributed by atoms with van der Waals surface area (Å²) in [5.74, 6) is 1.70. The number of rotatable bonds is 8. The molecule has 9 heteroatoms. The Kier molecular flexibility index (Phi) is 7.14. The van der Waals surface area contributed by atoms with Crippen molar-refractivity contribution in [3.8, 4) is 5.75 Å². The van der Waals surface area contributed by atoms with Crippen molar-refractivity contribution in [2.45, 2.75) is 25.3 Å². The van der Waals surface area contributed by atoms with Gasteiger partial charge in [-0.2, -0.15) is 4.37 Å². The van der Waals surface area contributed by atoms with Gasteiger partial charge in [0.15, 0.2) is 0 Å². The number of nitrogens with zero attached hydrogens (tertiary/aromatic N) is 4. The molecule has 162 valence electrons. The fraction of sp³-hybridized carbons (Fsp3) is 0.571. The van der Waals surface area contributed by atoms with E-state index in [-0.39, 0.29) is 11.9 Å². The third kappa shape index (κ3) is 5.27. The van der Waals surface area contributed by atoms with Gasteiger partial charge in [0.1, 0.15) is 17.6 Å². The van der Waals surface area contributed by atoms with Crippen molar-refractivity contribution in [1.29, 1.82) is 0 Å². The molecule has 1 atom stereocenters. The molecule has 2 aliphatic heterocycles. The number of morpholine rings is 1. The fourth-order valence-corrected chi connectivity index (χ4v) is 4.71. The fourth-order valence-electron chi connectivity index (χ4n) is 3.95. The minimum atomic E-state index is -0.160. The molecule has 1 amide bonds. The summed E-state index contributed by atoms with van der Waals surface area (Å²) in [7, 11) is 1.66. The molecule has 0 saturated carbocycles. The number of ether oxygens (including phenoxy) is 2. The van der Waals surface area contributed by atoms with Gasteiger partial charge in [-0.05, 0) is 30.5 Å². The van der Waals surface area contributed by atoms with Gasteiger partial charge in [-0.3, -0.25) is 9.69 Å². The zero-order valence-electron chi connectivity index (χ0n) is 17.4. The van der Waals surface area contributed by atoms with Crippen LogP contribution in [0.5, 0.6) is 5.75 Å². The Morgan fingerprint density at radius 2 is 2.20 bits per heavy atom. The molecule has 8 nitrogen and oxygen atoms in total. The maximum absolute atomic E-state index is 12.8. The summed E-state index contributed by atoms with van der Waals surface area (Å²) < 4.78 is 15.2. The molecule has 1 N–H and O–H groups in total. The first-order valence-corrected chi connectivity index (χ1v) is 11.3. The molecule has 2 saturated heterocycles. The van der Waals surface area contributed by atoms with Gasteiger partial charge >= 0.3 is 0 Å². The smallest absolute Gasteiger partial charge is 0.242 e. The van der Waals surface area contributed by atoms with Crippen LogP contribution in [0.4, 0.5) is 5.13 Å². The summed E-state index contributed by atoms with van der Waals surface area (Å²) in [5, 5.41) is 3.94. The van der Waals surface area contributed by atoms with Crippen molar-refractivity contribution in [2.75, 3.05) is 57.9 Å². The maximum Gasteiger partial charge on any atom is 0.242 e. The first kappa shape index (κ1) is 21.0. The van der Waals surface area contributed by atoms with Crippen LogP contribution < -0.4 is 15.0 Å². The molecule has 2 aliphatic rings. The monoisotopic (exact) mass is 431 g/mol. The van der Waals surface area contributed by atoms with Crippen LogP contribution in [0.25, 0.3) is 0 Å². The van der Waals surface area contributed by atoms with Gasteiger partial charge in [-0.15, -0.1) is 0 Å². The molecule has 0 aliphatic carbocycles. The Bertz CT molecular complexity index is 840.